The van der Waals surface area contributed by atoms with Crippen molar-refractivity contribution in [3.63, 3.8) is 0 Å². The highest BCUT2D eigenvalue weighted by molar-refractivity contribution is 5.95. The van der Waals surface area contributed by atoms with Crippen LogP contribution in [0.15, 0.2) is 6.20 Å². The summed E-state index contributed by atoms with van der Waals surface area (Å²) in [5.74, 6) is -1.10. The van der Waals surface area contributed by atoms with Crippen LogP contribution in [0, 0.1) is 0 Å². The normalized spacial score (nSPS) is 16.4. The van der Waals surface area contributed by atoms with Crippen LogP contribution in [0.25, 0.3) is 0 Å². The SMILES string of the molecule is CCn1nc(C(=O)O)c2c1CCN(C(=O)c1cnn3c1CCCC3)C2. The van der Waals surface area contributed by atoms with E-state index in [0.29, 0.717) is 37.2 Å². The molecule has 0 saturated heterocycles. The third-order valence-electron chi connectivity index (χ3n) is 5.14. The molecule has 8 nitrogen and oxygen atoms in total. The van der Waals surface area contributed by atoms with Gasteiger partial charge >= 0.3 is 5.97 Å². The molecule has 2 aromatic rings. The molecular formula is C17H21N5O3. The van der Waals surface area contributed by atoms with Gasteiger partial charge in [-0.05, 0) is 26.2 Å². The highest BCUT2D eigenvalue weighted by Crippen LogP contribution is 2.26. The van der Waals surface area contributed by atoms with Crippen LogP contribution >= 0.6 is 0 Å². The minimum absolute atomic E-state index is 0.0608. The van der Waals surface area contributed by atoms with E-state index in [2.05, 4.69) is 10.2 Å². The summed E-state index contributed by atoms with van der Waals surface area (Å²) in [7, 11) is 0. The maximum absolute atomic E-state index is 13.0. The predicted molar refractivity (Wildman–Crippen MR) is 88.5 cm³/mol. The van der Waals surface area contributed by atoms with Gasteiger partial charge in [0.25, 0.3) is 5.91 Å². The zero-order valence-electron chi connectivity index (χ0n) is 14.2. The van der Waals surface area contributed by atoms with E-state index in [4.69, 9.17) is 0 Å². The Balaban J connectivity index is 1.64. The van der Waals surface area contributed by atoms with Crippen molar-refractivity contribution < 1.29 is 14.7 Å². The number of amides is 1. The summed E-state index contributed by atoms with van der Waals surface area (Å²) in [4.78, 5) is 26.2. The van der Waals surface area contributed by atoms with Crippen LogP contribution in [0.5, 0.6) is 0 Å². The van der Waals surface area contributed by atoms with Crippen LogP contribution in [0.1, 0.15) is 57.6 Å². The molecular weight excluding hydrogens is 322 g/mol. The Labute approximate surface area is 145 Å². The highest BCUT2D eigenvalue weighted by atomic mass is 16.4. The van der Waals surface area contributed by atoms with Gasteiger partial charge in [-0.15, -0.1) is 0 Å². The Kier molecular flexibility index (Phi) is 3.82. The number of hydrogen-bond donors (Lipinski definition) is 1. The molecule has 4 heterocycles. The molecule has 0 aromatic carbocycles. The Morgan fingerprint density at radius 2 is 2.04 bits per heavy atom. The second-order valence-electron chi connectivity index (χ2n) is 6.56. The number of aryl methyl sites for hydroxylation is 2. The Morgan fingerprint density at radius 3 is 2.80 bits per heavy atom. The first-order valence-corrected chi connectivity index (χ1v) is 8.76. The molecule has 4 rings (SSSR count). The van der Waals surface area contributed by atoms with E-state index in [0.717, 1.165) is 37.2 Å². The van der Waals surface area contributed by atoms with Crippen molar-refractivity contribution in [2.45, 2.75) is 52.2 Å². The second-order valence-corrected chi connectivity index (χ2v) is 6.56. The number of carboxylic acid groups (broad SMARTS) is 1. The monoisotopic (exact) mass is 343 g/mol. The number of carbonyl (C=O) groups is 2. The van der Waals surface area contributed by atoms with Crippen molar-refractivity contribution in [2.75, 3.05) is 6.54 Å². The first kappa shape index (κ1) is 15.9. The average molecular weight is 343 g/mol. The molecule has 0 unspecified atom stereocenters. The summed E-state index contributed by atoms with van der Waals surface area (Å²) in [6, 6.07) is 0. The molecule has 25 heavy (non-hydrogen) atoms. The van der Waals surface area contributed by atoms with Crippen molar-refractivity contribution in [1.29, 1.82) is 0 Å². The van der Waals surface area contributed by atoms with Crippen molar-refractivity contribution in [2.24, 2.45) is 0 Å². The minimum atomic E-state index is -1.04. The number of hydrogen-bond acceptors (Lipinski definition) is 4. The Bertz CT molecular complexity index is 851. The van der Waals surface area contributed by atoms with Crippen LogP contribution < -0.4 is 0 Å². The van der Waals surface area contributed by atoms with Crippen LogP contribution in [0.2, 0.25) is 0 Å². The topological polar surface area (TPSA) is 93.2 Å². The van der Waals surface area contributed by atoms with Gasteiger partial charge in [0.2, 0.25) is 0 Å². The first-order chi connectivity index (χ1) is 12.1. The quantitative estimate of drug-likeness (QED) is 0.907. The summed E-state index contributed by atoms with van der Waals surface area (Å²) in [5.41, 5.74) is 3.31. The molecule has 0 radical (unpaired) electrons. The van der Waals surface area contributed by atoms with Gasteiger partial charge in [-0.3, -0.25) is 14.2 Å². The van der Waals surface area contributed by atoms with Crippen LogP contribution in [0.3, 0.4) is 0 Å². The van der Waals surface area contributed by atoms with Crippen molar-refractivity contribution in [3.8, 4) is 0 Å². The predicted octanol–water partition coefficient (Wildman–Crippen LogP) is 1.33. The molecule has 0 bridgehead atoms. The number of nitrogens with zero attached hydrogens (tertiary/aromatic N) is 5. The summed E-state index contributed by atoms with van der Waals surface area (Å²) in [6.45, 7) is 4.29. The average Bonchev–Trinajstić information content (AvgIpc) is 3.22. The lowest BCUT2D eigenvalue weighted by atomic mass is 10.0. The Morgan fingerprint density at radius 1 is 1.20 bits per heavy atom. The lowest BCUT2D eigenvalue weighted by Gasteiger charge is -2.28. The summed E-state index contributed by atoms with van der Waals surface area (Å²) < 4.78 is 3.66. The molecule has 0 saturated carbocycles. The zero-order chi connectivity index (χ0) is 17.6. The third kappa shape index (κ3) is 2.52. The van der Waals surface area contributed by atoms with Crippen molar-refractivity contribution in [3.05, 3.63) is 34.4 Å². The summed E-state index contributed by atoms with van der Waals surface area (Å²) in [6.07, 6.45) is 5.31. The maximum atomic E-state index is 13.0. The van der Waals surface area contributed by atoms with Gasteiger partial charge in [0.1, 0.15) is 0 Å². The van der Waals surface area contributed by atoms with Crippen LogP contribution in [-0.4, -0.2) is 48.0 Å². The van der Waals surface area contributed by atoms with E-state index in [1.165, 1.54) is 0 Å². The molecule has 1 amide bonds. The molecule has 0 aliphatic carbocycles. The highest BCUT2D eigenvalue weighted by Gasteiger charge is 2.31. The number of carbonyl (C=O) groups excluding carboxylic acids is 1. The fraction of sp³-hybridized carbons (Fsp3) is 0.529. The Hall–Kier alpha value is -2.64. The van der Waals surface area contributed by atoms with Gasteiger partial charge < -0.3 is 10.0 Å². The van der Waals surface area contributed by atoms with E-state index < -0.39 is 5.97 Å². The van der Waals surface area contributed by atoms with Crippen LogP contribution in [-0.2, 0) is 32.5 Å². The molecule has 132 valence electrons. The lowest BCUT2D eigenvalue weighted by molar-refractivity contribution is 0.0673. The molecule has 8 heteroatoms. The number of rotatable bonds is 3. The van der Waals surface area contributed by atoms with Crippen molar-refractivity contribution in [1.82, 2.24) is 24.5 Å². The molecule has 1 N–H and O–H groups in total. The number of carboxylic acids is 1. The maximum Gasteiger partial charge on any atom is 0.356 e. The first-order valence-electron chi connectivity index (χ1n) is 8.76. The lowest BCUT2D eigenvalue weighted by Crippen LogP contribution is -2.37. The van der Waals surface area contributed by atoms with E-state index in [1.54, 1.807) is 15.8 Å². The third-order valence-corrected chi connectivity index (χ3v) is 5.14. The molecule has 0 fully saturated rings. The molecule has 0 spiro atoms. The molecule has 2 aromatic heterocycles. The largest absolute Gasteiger partial charge is 0.476 e. The van der Waals surface area contributed by atoms with Gasteiger partial charge in [0.15, 0.2) is 5.69 Å². The standard InChI is InChI=1S/C17H21N5O3/c1-2-21-14-6-8-20(10-12(14)15(19-21)17(24)25)16(23)11-9-18-22-7-4-3-5-13(11)22/h9H,2-8,10H2,1H3,(H,24,25). The molecule has 2 aliphatic heterocycles. The second kappa shape index (κ2) is 6.02. The fourth-order valence-electron chi connectivity index (χ4n) is 3.87. The van der Waals surface area contributed by atoms with E-state index >= 15 is 0 Å². The summed E-state index contributed by atoms with van der Waals surface area (Å²) >= 11 is 0. The van der Waals surface area contributed by atoms with Gasteiger partial charge in [-0.1, -0.05) is 0 Å². The molecule has 0 atom stereocenters. The van der Waals surface area contributed by atoms with Gasteiger partial charge in [-0.25, -0.2) is 4.79 Å². The van der Waals surface area contributed by atoms with E-state index in [9.17, 15) is 14.7 Å². The van der Waals surface area contributed by atoms with Gasteiger partial charge in [-0.2, -0.15) is 10.2 Å². The van der Waals surface area contributed by atoms with Gasteiger partial charge in [0.05, 0.1) is 24.0 Å². The van der Waals surface area contributed by atoms with Crippen molar-refractivity contribution >= 4 is 11.9 Å². The minimum Gasteiger partial charge on any atom is -0.476 e. The summed E-state index contributed by atoms with van der Waals surface area (Å²) in [5, 5.41) is 18.0. The zero-order valence-corrected chi connectivity index (χ0v) is 14.2. The number of aromatic carboxylic acids is 1. The molecule has 2 aliphatic rings. The van der Waals surface area contributed by atoms with Gasteiger partial charge in [0, 0.05) is 37.3 Å². The van der Waals surface area contributed by atoms with E-state index in [-0.39, 0.29) is 11.6 Å². The fourth-order valence-corrected chi connectivity index (χ4v) is 3.87. The number of fused-ring (bicyclic) bond motifs is 2. The number of aromatic nitrogens is 4. The van der Waals surface area contributed by atoms with Crippen LogP contribution in [0.4, 0.5) is 0 Å². The smallest absolute Gasteiger partial charge is 0.356 e. The van der Waals surface area contributed by atoms with E-state index in [1.807, 2.05) is 11.6 Å².